The van der Waals surface area contributed by atoms with Crippen molar-refractivity contribution in [3.8, 4) is 0 Å². The molecule has 1 aromatic rings. The van der Waals surface area contributed by atoms with Crippen LogP contribution in [0, 0.1) is 11.8 Å². The monoisotopic (exact) mass is 335 g/mol. The Hall–Kier alpha value is -2.17. The third kappa shape index (κ3) is 3.60. The summed E-state index contributed by atoms with van der Waals surface area (Å²) in [6.45, 7) is 2.62. The highest BCUT2D eigenvalue weighted by molar-refractivity contribution is 5.80. The van der Waals surface area contributed by atoms with Crippen molar-refractivity contribution >= 4 is 11.8 Å². The van der Waals surface area contributed by atoms with E-state index in [4.69, 9.17) is 10.5 Å². The maximum Gasteiger partial charge on any atom is 0.106 e. The Morgan fingerprint density at radius 1 is 1.24 bits per heavy atom. The van der Waals surface area contributed by atoms with E-state index in [2.05, 4.69) is 52.8 Å². The van der Waals surface area contributed by atoms with Gasteiger partial charge in [-0.25, -0.2) is 0 Å². The van der Waals surface area contributed by atoms with E-state index in [9.17, 15) is 0 Å². The fourth-order valence-corrected chi connectivity index (χ4v) is 3.71. The number of hydrogen-bond acceptors (Lipinski definition) is 4. The molecule has 3 N–H and O–H groups in total. The van der Waals surface area contributed by atoms with E-state index in [0.29, 0.717) is 18.6 Å². The van der Waals surface area contributed by atoms with Crippen molar-refractivity contribution in [2.24, 2.45) is 22.6 Å². The van der Waals surface area contributed by atoms with Crippen LogP contribution in [-0.4, -0.2) is 25.4 Å². The smallest absolute Gasteiger partial charge is 0.106 e. The second kappa shape index (κ2) is 7.38. The molecule has 1 aromatic carbocycles. The van der Waals surface area contributed by atoms with Gasteiger partial charge in [0.2, 0.25) is 0 Å². The normalized spacial score (nSPS) is 26.0. The largest absolute Gasteiger partial charge is 0.494 e. The van der Waals surface area contributed by atoms with E-state index in [1.807, 2.05) is 12.4 Å². The topological polar surface area (TPSA) is 59.6 Å². The molecule has 130 valence electrons. The molecule has 25 heavy (non-hydrogen) atoms. The summed E-state index contributed by atoms with van der Waals surface area (Å²) in [7, 11) is 0. The lowest BCUT2D eigenvalue weighted by Gasteiger charge is -2.32. The molecule has 2 heterocycles. The standard InChI is InChI=1S/C21H25N3O/c22-13-15-2-1-3-16(10-15)18-11-17-4-7-24-14-20(17)21(12-18)25-19-5-8-23-9-6-19/h1-4,7,10-12,14,17,19-20,23H,5-6,8-9,13,22H2/t17?,20-/m1/s1. The zero-order valence-electron chi connectivity index (χ0n) is 14.4. The molecule has 1 aliphatic carbocycles. The highest BCUT2D eigenvalue weighted by Gasteiger charge is 2.29. The van der Waals surface area contributed by atoms with Gasteiger partial charge in [0, 0.05) is 24.9 Å². The Labute approximate surface area is 149 Å². The molecule has 0 spiro atoms. The molecule has 0 amide bonds. The number of nitrogens with zero attached hydrogens (tertiary/aromatic N) is 1. The number of hydrogen-bond donors (Lipinski definition) is 2. The van der Waals surface area contributed by atoms with Crippen molar-refractivity contribution in [2.45, 2.75) is 25.5 Å². The van der Waals surface area contributed by atoms with Crippen molar-refractivity contribution in [1.82, 2.24) is 5.32 Å². The van der Waals surface area contributed by atoms with E-state index in [1.54, 1.807) is 0 Å². The lowest BCUT2D eigenvalue weighted by atomic mass is 9.82. The minimum absolute atomic E-state index is 0.210. The number of piperidine rings is 1. The van der Waals surface area contributed by atoms with Crippen molar-refractivity contribution in [1.29, 1.82) is 0 Å². The lowest BCUT2D eigenvalue weighted by Crippen LogP contribution is -2.34. The van der Waals surface area contributed by atoms with Gasteiger partial charge in [0.15, 0.2) is 0 Å². The average Bonchev–Trinajstić information content (AvgIpc) is 2.69. The molecule has 3 aliphatic rings. The van der Waals surface area contributed by atoms with Crippen molar-refractivity contribution in [3.05, 3.63) is 65.6 Å². The highest BCUT2D eigenvalue weighted by Crippen LogP contribution is 2.36. The first kappa shape index (κ1) is 16.3. The third-order valence-corrected chi connectivity index (χ3v) is 5.14. The fourth-order valence-electron chi connectivity index (χ4n) is 3.71. The van der Waals surface area contributed by atoms with Gasteiger partial charge >= 0.3 is 0 Å². The van der Waals surface area contributed by atoms with Crippen LogP contribution in [0.5, 0.6) is 0 Å². The number of ether oxygens (including phenoxy) is 1. The predicted molar refractivity (Wildman–Crippen MR) is 102 cm³/mol. The van der Waals surface area contributed by atoms with Crippen molar-refractivity contribution < 1.29 is 4.74 Å². The van der Waals surface area contributed by atoms with Gasteiger partial charge in [-0.05, 0) is 54.8 Å². The van der Waals surface area contributed by atoms with Crippen molar-refractivity contribution in [3.63, 3.8) is 0 Å². The summed E-state index contributed by atoms with van der Waals surface area (Å²) in [5, 5.41) is 3.40. The molecule has 4 nitrogen and oxygen atoms in total. The van der Waals surface area contributed by atoms with Crippen LogP contribution in [0.3, 0.4) is 0 Å². The number of nitrogens with two attached hydrogens (primary N) is 1. The summed E-state index contributed by atoms with van der Waals surface area (Å²) in [6.07, 6.45) is 13.0. The molecule has 0 bridgehead atoms. The van der Waals surface area contributed by atoms with Crippen molar-refractivity contribution in [2.75, 3.05) is 13.1 Å². The Bertz CT molecular complexity index is 741. The molecular formula is C21H25N3O. The zero-order chi connectivity index (χ0) is 17.1. The van der Waals surface area contributed by atoms with Crippen LogP contribution >= 0.6 is 0 Å². The van der Waals surface area contributed by atoms with Gasteiger partial charge in [-0.3, -0.25) is 4.99 Å². The number of nitrogens with one attached hydrogen (secondary N) is 1. The summed E-state index contributed by atoms with van der Waals surface area (Å²) in [5.41, 5.74) is 9.37. The molecule has 1 fully saturated rings. The molecule has 0 saturated carbocycles. The van der Waals surface area contributed by atoms with Crippen LogP contribution in [0.4, 0.5) is 0 Å². The van der Waals surface area contributed by atoms with Gasteiger partial charge in [-0.15, -0.1) is 0 Å². The summed E-state index contributed by atoms with van der Waals surface area (Å²) in [6, 6.07) is 8.46. The van der Waals surface area contributed by atoms with Gasteiger partial charge in [0.25, 0.3) is 0 Å². The predicted octanol–water partition coefficient (Wildman–Crippen LogP) is 3.03. The maximum absolute atomic E-state index is 6.44. The summed E-state index contributed by atoms with van der Waals surface area (Å²) < 4.78 is 6.44. The number of fused-ring (bicyclic) bond motifs is 1. The van der Waals surface area contributed by atoms with E-state index in [1.165, 1.54) is 11.1 Å². The van der Waals surface area contributed by atoms with Crippen LogP contribution in [0.15, 0.2) is 59.4 Å². The molecule has 2 atom stereocenters. The van der Waals surface area contributed by atoms with Crippen LogP contribution in [0.2, 0.25) is 0 Å². The van der Waals surface area contributed by atoms with Crippen LogP contribution < -0.4 is 11.1 Å². The molecule has 1 saturated heterocycles. The van der Waals surface area contributed by atoms with E-state index >= 15 is 0 Å². The average molecular weight is 335 g/mol. The second-order valence-electron chi connectivity index (χ2n) is 6.88. The summed E-state index contributed by atoms with van der Waals surface area (Å²) >= 11 is 0. The number of benzene rings is 1. The number of allylic oxidation sites excluding steroid dienone is 5. The van der Waals surface area contributed by atoms with Crippen LogP contribution in [0.1, 0.15) is 24.0 Å². The maximum atomic E-state index is 6.44. The van der Waals surface area contributed by atoms with Gasteiger partial charge < -0.3 is 15.8 Å². The second-order valence-corrected chi connectivity index (χ2v) is 6.88. The summed E-state index contributed by atoms with van der Waals surface area (Å²) in [4.78, 5) is 4.35. The molecule has 0 radical (unpaired) electrons. The van der Waals surface area contributed by atoms with Gasteiger partial charge in [0.1, 0.15) is 11.9 Å². The Balaban J connectivity index is 1.64. The Morgan fingerprint density at radius 2 is 2.12 bits per heavy atom. The zero-order valence-corrected chi connectivity index (χ0v) is 14.4. The van der Waals surface area contributed by atoms with E-state index in [-0.39, 0.29) is 5.92 Å². The minimum atomic E-state index is 0.210. The number of rotatable bonds is 4. The Morgan fingerprint density at radius 3 is 2.96 bits per heavy atom. The quantitative estimate of drug-likeness (QED) is 0.889. The molecule has 4 heteroatoms. The fraction of sp³-hybridized carbons (Fsp3) is 0.381. The first-order valence-corrected chi connectivity index (χ1v) is 9.13. The van der Waals surface area contributed by atoms with E-state index < -0.39 is 0 Å². The van der Waals surface area contributed by atoms with Crippen LogP contribution in [0.25, 0.3) is 5.57 Å². The molecule has 4 rings (SSSR count). The molecular weight excluding hydrogens is 310 g/mol. The van der Waals surface area contributed by atoms with Crippen LogP contribution in [-0.2, 0) is 11.3 Å². The lowest BCUT2D eigenvalue weighted by molar-refractivity contribution is 0.0735. The summed E-state index contributed by atoms with van der Waals surface area (Å²) in [5.74, 6) is 1.55. The first-order valence-electron chi connectivity index (χ1n) is 9.13. The first-order chi connectivity index (χ1) is 12.3. The number of aliphatic imine (C=N–C) groups is 1. The third-order valence-electron chi connectivity index (χ3n) is 5.14. The van der Waals surface area contributed by atoms with Gasteiger partial charge in [-0.2, -0.15) is 0 Å². The molecule has 2 aliphatic heterocycles. The Kier molecular flexibility index (Phi) is 4.81. The van der Waals surface area contributed by atoms with Gasteiger partial charge in [-0.1, -0.05) is 30.4 Å². The van der Waals surface area contributed by atoms with Gasteiger partial charge in [0.05, 0.1) is 5.92 Å². The SMILES string of the molecule is NCc1cccc(C2=CC3C=CN=C[C@H]3C(OC3CCNCC3)=C2)c1. The highest BCUT2D eigenvalue weighted by atomic mass is 16.5. The minimum Gasteiger partial charge on any atom is -0.494 e. The molecule has 1 unspecified atom stereocenters. The van der Waals surface area contributed by atoms with E-state index in [0.717, 1.165) is 37.3 Å². The molecule has 0 aromatic heterocycles.